The Morgan fingerprint density at radius 1 is 1.02 bits per heavy atom. The molecule has 2 fully saturated rings. The van der Waals surface area contributed by atoms with Gasteiger partial charge in [0.1, 0.15) is 11.6 Å². The molecule has 0 spiro atoms. The van der Waals surface area contributed by atoms with Gasteiger partial charge in [-0.15, -0.1) is 0 Å². The lowest BCUT2D eigenvalue weighted by Crippen LogP contribution is -2.35. The summed E-state index contributed by atoms with van der Waals surface area (Å²) in [5.74, 6) is -5.57. The van der Waals surface area contributed by atoms with Gasteiger partial charge in [0.25, 0.3) is 5.91 Å². The maximum Gasteiger partial charge on any atom is 0.490 e. The second-order valence-electron chi connectivity index (χ2n) is 10.8. The lowest BCUT2D eigenvalue weighted by atomic mass is 10.0. The van der Waals surface area contributed by atoms with Crippen LogP contribution in [0.5, 0.6) is 0 Å². The van der Waals surface area contributed by atoms with Crippen molar-refractivity contribution in [3.63, 3.8) is 0 Å². The van der Waals surface area contributed by atoms with E-state index in [1.54, 1.807) is 11.6 Å². The van der Waals surface area contributed by atoms with Crippen LogP contribution < -0.4 is 4.72 Å². The standard InChI is InChI=1S/C25H24ClF5N4O3S.C2HF3O2/c1-13-18-10-19(24(36)33-39(37,38)17-2-3-17)21(27)11-22(18)35(32-13)16-4-6-34(7-5-16)12-14-8-15(25(29,30)31)9-20(26)23(14)28;3-2(4,5)1(6)7/h8-11,16-17H,2-7,12H2,1H3,(H,33,36);(H,6,7). The molecule has 46 heavy (non-hydrogen) atoms. The molecule has 0 bridgehead atoms. The summed E-state index contributed by atoms with van der Waals surface area (Å²) in [5, 5.41) is 10.9. The summed E-state index contributed by atoms with van der Waals surface area (Å²) in [5.41, 5.74) is -0.610. The van der Waals surface area contributed by atoms with Crippen molar-refractivity contribution in [2.24, 2.45) is 0 Å². The number of aromatic nitrogens is 2. The smallest absolute Gasteiger partial charge is 0.475 e. The molecule has 252 valence electrons. The van der Waals surface area contributed by atoms with Gasteiger partial charge in [-0.25, -0.2) is 26.7 Å². The lowest BCUT2D eigenvalue weighted by molar-refractivity contribution is -0.192. The number of sulfonamides is 1. The van der Waals surface area contributed by atoms with E-state index in [0.717, 1.165) is 12.1 Å². The first kappa shape index (κ1) is 35.3. The number of likely N-dealkylation sites (tertiary alicyclic amines) is 1. The van der Waals surface area contributed by atoms with Crippen molar-refractivity contribution >= 4 is 44.4 Å². The second-order valence-corrected chi connectivity index (χ2v) is 13.2. The molecule has 1 saturated heterocycles. The zero-order valence-electron chi connectivity index (χ0n) is 23.6. The van der Waals surface area contributed by atoms with Crippen LogP contribution in [0.1, 0.15) is 58.9 Å². The Morgan fingerprint density at radius 2 is 1.61 bits per heavy atom. The minimum absolute atomic E-state index is 0.0576. The first-order chi connectivity index (χ1) is 21.2. The number of aryl methyl sites for hydroxylation is 1. The van der Waals surface area contributed by atoms with Crippen LogP contribution >= 0.6 is 11.6 Å². The summed E-state index contributed by atoms with van der Waals surface area (Å²) in [4.78, 5) is 23.2. The summed E-state index contributed by atoms with van der Waals surface area (Å²) in [6.07, 6.45) is -7.81. The number of fused-ring (bicyclic) bond motifs is 1. The Labute approximate surface area is 261 Å². The van der Waals surface area contributed by atoms with E-state index in [9.17, 15) is 48.3 Å². The van der Waals surface area contributed by atoms with Crippen molar-refractivity contribution in [2.45, 2.75) is 62.8 Å². The van der Waals surface area contributed by atoms with Crippen molar-refractivity contribution in [1.29, 1.82) is 0 Å². The van der Waals surface area contributed by atoms with E-state index >= 15 is 0 Å². The number of halogens is 9. The number of carbonyl (C=O) groups excluding carboxylic acids is 1. The van der Waals surface area contributed by atoms with E-state index in [-0.39, 0.29) is 18.2 Å². The molecular formula is C27H25ClF8N4O5S. The topological polar surface area (TPSA) is 122 Å². The monoisotopic (exact) mass is 704 g/mol. The molecule has 0 atom stereocenters. The maximum atomic E-state index is 15.0. The molecule has 2 heterocycles. The van der Waals surface area contributed by atoms with E-state index in [0.29, 0.717) is 61.4 Å². The molecule has 9 nitrogen and oxygen atoms in total. The van der Waals surface area contributed by atoms with Crippen molar-refractivity contribution in [3.8, 4) is 0 Å². The number of nitrogens with one attached hydrogen (secondary N) is 1. The Balaban J connectivity index is 0.000000617. The lowest BCUT2D eigenvalue weighted by Gasteiger charge is -2.32. The molecule has 3 aromatic rings. The third-order valence-corrected chi connectivity index (χ3v) is 9.49. The highest BCUT2D eigenvalue weighted by Gasteiger charge is 2.39. The van der Waals surface area contributed by atoms with Crippen molar-refractivity contribution in [1.82, 2.24) is 19.4 Å². The quantitative estimate of drug-likeness (QED) is 0.303. The Morgan fingerprint density at radius 3 is 2.13 bits per heavy atom. The van der Waals surface area contributed by atoms with Crippen molar-refractivity contribution < 1.29 is 58.2 Å². The van der Waals surface area contributed by atoms with Gasteiger partial charge in [-0.05, 0) is 50.8 Å². The van der Waals surface area contributed by atoms with Crippen LogP contribution in [0.4, 0.5) is 35.1 Å². The van der Waals surface area contributed by atoms with Gasteiger partial charge in [-0.2, -0.15) is 31.4 Å². The highest BCUT2D eigenvalue weighted by atomic mass is 35.5. The van der Waals surface area contributed by atoms with E-state index in [4.69, 9.17) is 21.5 Å². The van der Waals surface area contributed by atoms with Crippen LogP contribution in [0.3, 0.4) is 0 Å². The Bertz CT molecular complexity index is 1770. The molecule has 0 radical (unpaired) electrons. The normalized spacial score (nSPS) is 16.7. The molecule has 1 amide bonds. The Kier molecular flexibility index (Phi) is 9.95. The number of benzene rings is 2. The molecule has 5 rings (SSSR count). The molecule has 2 N–H and O–H groups in total. The first-order valence-corrected chi connectivity index (χ1v) is 15.4. The highest BCUT2D eigenvalue weighted by Crippen LogP contribution is 2.35. The number of piperidine rings is 1. The molecule has 1 saturated carbocycles. The average molecular weight is 705 g/mol. The number of carbonyl (C=O) groups is 2. The molecular weight excluding hydrogens is 680 g/mol. The van der Waals surface area contributed by atoms with E-state index in [1.807, 2.05) is 9.62 Å². The molecule has 2 aliphatic rings. The van der Waals surface area contributed by atoms with E-state index in [2.05, 4.69) is 5.10 Å². The van der Waals surface area contributed by atoms with Crippen molar-refractivity contribution in [3.05, 3.63) is 63.3 Å². The fourth-order valence-corrected chi connectivity index (χ4v) is 6.43. The summed E-state index contributed by atoms with van der Waals surface area (Å²) in [6, 6.07) is 3.60. The SMILES string of the molecule is Cc1nn(C2CCN(Cc3cc(C(F)(F)F)cc(Cl)c3F)CC2)c2cc(F)c(C(=O)NS(=O)(=O)C3CC3)cc12.O=C(O)C(F)(F)F. The van der Waals surface area contributed by atoms with Crippen LogP contribution in [0.15, 0.2) is 24.3 Å². The molecule has 1 aromatic heterocycles. The number of carboxylic acids is 1. The number of amides is 1. The summed E-state index contributed by atoms with van der Waals surface area (Å²) < 4.78 is 128. The van der Waals surface area contributed by atoms with Crippen molar-refractivity contribution in [2.75, 3.05) is 13.1 Å². The highest BCUT2D eigenvalue weighted by molar-refractivity contribution is 7.91. The minimum atomic E-state index is -5.08. The summed E-state index contributed by atoms with van der Waals surface area (Å²) in [7, 11) is -3.85. The van der Waals surface area contributed by atoms with Crippen LogP contribution in [-0.4, -0.2) is 64.6 Å². The van der Waals surface area contributed by atoms with Gasteiger partial charge in [-0.3, -0.25) is 14.4 Å². The number of alkyl halides is 6. The minimum Gasteiger partial charge on any atom is -0.475 e. The van der Waals surface area contributed by atoms with Gasteiger partial charge >= 0.3 is 18.3 Å². The third-order valence-electron chi connectivity index (χ3n) is 7.39. The number of hydrogen-bond donors (Lipinski definition) is 2. The van der Waals surface area contributed by atoms with Gasteiger partial charge in [0.2, 0.25) is 10.0 Å². The predicted octanol–water partition coefficient (Wildman–Crippen LogP) is 5.99. The van der Waals surface area contributed by atoms with Gasteiger partial charge in [0.15, 0.2) is 0 Å². The Hall–Kier alpha value is -3.51. The zero-order valence-corrected chi connectivity index (χ0v) is 25.2. The molecule has 0 unspecified atom stereocenters. The fourth-order valence-electron chi connectivity index (χ4n) is 4.90. The number of aliphatic carboxylic acids is 1. The van der Waals surface area contributed by atoms with Crippen LogP contribution in [0, 0.1) is 18.6 Å². The third kappa shape index (κ3) is 8.06. The first-order valence-electron chi connectivity index (χ1n) is 13.5. The van der Waals surface area contributed by atoms with Gasteiger partial charge in [-0.1, -0.05) is 11.6 Å². The van der Waals surface area contributed by atoms with E-state index < -0.39 is 67.3 Å². The molecule has 1 aliphatic carbocycles. The summed E-state index contributed by atoms with van der Waals surface area (Å²) in [6.45, 7) is 2.47. The zero-order chi connectivity index (χ0) is 34.4. The van der Waals surface area contributed by atoms with Crippen LogP contribution in [0.25, 0.3) is 10.9 Å². The number of nitrogens with zero attached hydrogens (tertiary/aromatic N) is 3. The predicted molar refractivity (Wildman–Crippen MR) is 147 cm³/mol. The van der Waals surface area contributed by atoms with E-state index in [1.165, 1.54) is 6.07 Å². The van der Waals surface area contributed by atoms with Crippen LogP contribution in [0.2, 0.25) is 5.02 Å². The maximum absolute atomic E-state index is 15.0. The van der Waals surface area contributed by atoms with Gasteiger partial charge in [0, 0.05) is 36.7 Å². The molecule has 2 aromatic carbocycles. The molecule has 19 heteroatoms. The second kappa shape index (κ2) is 12.9. The number of rotatable bonds is 6. The average Bonchev–Trinajstić information content (AvgIpc) is 3.76. The summed E-state index contributed by atoms with van der Waals surface area (Å²) >= 11 is 5.70. The number of carboxylic acid groups (broad SMARTS) is 1. The van der Waals surface area contributed by atoms with Gasteiger partial charge < -0.3 is 5.11 Å². The van der Waals surface area contributed by atoms with Gasteiger partial charge in [0.05, 0.1) is 38.7 Å². The van der Waals surface area contributed by atoms with Crippen LogP contribution in [-0.2, 0) is 27.5 Å². The molecule has 1 aliphatic heterocycles. The largest absolute Gasteiger partial charge is 0.490 e. The number of hydrogen-bond acceptors (Lipinski definition) is 6. The fraction of sp³-hybridized carbons (Fsp3) is 0.444.